The number of nitrogens with zero attached hydrogens (tertiary/aromatic N) is 4. The molecule has 1 N–H and O–H groups in total. The average Bonchev–Trinajstić information content (AvgIpc) is 2.57. The molecule has 6 heteroatoms. The van der Waals surface area contributed by atoms with Crippen molar-refractivity contribution in [1.82, 2.24) is 20.0 Å². The second-order valence-electron chi connectivity index (χ2n) is 4.30. The lowest BCUT2D eigenvalue weighted by Gasteiger charge is -2.31. The molecule has 1 fully saturated rings. The van der Waals surface area contributed by atoms with Gasteiger partial charge in [-0.25, -0.2) is 0 Å². The van der Waals surface area contributed by atoms with E-state index in [0.29, 0.717) is 18.2 Å². The number of rotatable bonds is 2. The van der Waals surface area contributed by atoms with Crippen LogP contribution in [0.1, 0.15) is 11.3 Å². The maximum absolute atomic E-state index is 9.10. The smallest absolute Gasteiger partial charge is 0.131 e. The Labute approximate surface area is 106 Å². The van der Waals surface area contributed by atoms with E-state index in [4.69, 9.17) is 16.9 Å². The van der Waals surface area contributed by atoms with Gasteiger partial charge >= 0.3 is 0 Å². The minimum absolute atomic E-state index is 0.0839. The first kappa shape index (κ1) is 12.4. The summed E-state index contributed by atoms with van der Waals surface area (Å²) in [4.78, 5) is 2.15. The third-order valence-corrected chi connectivity index (χ3v) is 3.61. The fourth-order valence-corrected chi connectivity index (χ4v) is 2.35. The van der Waals surface area contributed by atoms with E-state index in [1.807, 2.05) is 14.0 Å². The van der Waals surface area contributed by atoms with Crippen molar-refractivity contribution in [1.29, 1.82) is 5.26 Å². The van der Waals surface area contributed by atoms with E-state index in [1.54, 1.807) is 4.68 Å². The molecule has 0 amide bonds. The molecule has 0 radical (unpaired) electrons. The molecule has 92 valence electrons. The lowest BCUT2D eigenvalue weighted by molar-refractivity contribution is 0.189. The van der Waals surface area contributed by atoms with Gasteiger partial charge in [0.15, 0.2) is 0 Å². The van der Waals surface area contributed by atoms with Crippen LogP contribution in [0.4, 0.5) is 0 Å². The van der Waals surface area contributed by atoms with Crippen molar-refractivity contribution in [3.8, 4) is 6.07 Å². The summed E-state index contributed by atoms with van der Waals surface area (Å²) in [6.45, 7) is 5.13. The van der Waals surface area contributed by atoms with Crippen LogP contribution in [-0.2, 0) is 13.6 Å². The summed E-state index contributed by atoms with van der Waals surface area (Å²) in [7, 11) is 1.83. The fourth-order valence-electron chi connectivity index (χ4n) is 2.12. The summed E-state index contributed by atoms with van der Waals surface area (Å²) in [5, 5.41) is 17.3. The third kappa shape index (κ3) is 2.44. The molecular weight excluding hydrogens is 238 g/mol. The van der Waals surface area contributed by atoms with Crippen LogP contribution in [0, 0.1) is 18.3 Å². The van der Waals surface area contributed by atoms with E-state index in [2.05, 4.69) is 21.4 Å². The van der Waals surface area contributed by atoms with Crippen LogP contribution in [0.15, 0.2) is 0 Å². The van der Waals surface area contributed by atoms with Gasteiger partial charge in [-0.2, -0.15) is 10.4 Å². The van der Waals surface area contributed by atoms with Gasteiger partial charge in [0.05, 0.1) is 11.8 Å². The monoisotopic (exact) mass is 253 g/mol. The highest BCUT2D eigenvalue weighted by atomic mass is 35.5. The second kappa shape index (κ2) is 5.05. The van der Waals surface area contributed by atoms with Crippen molar-refractivity contribution < 1.29 is 0 Å². The van der Waals surface area contributed by atoms with Crippen molar-refractivity contribution in [3.05, 3.63) is 16.4 Å². The molecule has 1 atom stereocenters. The Bertz CT molecular complexity index is 447. The minimum atomic E-state index is -0.0839. The quantitative estimate of drug-likeness (QED) is 0.842. The van der Waals surface area contributed by atoms with Crippen molar-refractivity contribution in [2.45, 2.75) is 19.5 Å². The molecule has 1 saturated heterocycles. The summed E-state index contributed by atoms with van der Waals surface area (Å²) in [5.74, 6) is 0. The topological polar surface area (TPSA) is 56.9 Å². The van der Waals surface area contributed by atoms with Crippen molar-refractivity contribution in [2.75, 3.05) is 19.6 Å². The molecule has 1 aliphatic heterocycles. The van der Waals surface area contributed by atoms with Crippen LogP contribution >= 0.6 is 11.6 Å². The van der Waals surface area contributed by atoms with Crippen LogP contribution < -0.4 is 5.32 Å². The zero-order valence-electron chi connectivity index (χ0n) is 10.1. The van der Waals surface area contributed by atoms with Crippen LogP contribution in [0.2, 0.25) is 5.15 Å². The predicted octanol–water partition coefficient (Wildman–Crippen LogP) is 0.679. The van der Waals surface area contributed by atoms with Gasteiger partial charge in [-0.3, -0.25) is 9.58 Å². The first-order chi connectivity index (χ1) is 8.13. The molecule has 2 rings (SSSR count). The second-order valence-corrected chi connectivity index (χ2v) is 4.66. The number of hydrogen-bond donors (Lipinski definition) is 1. The van der Waals surface area contributed by atoms with Crippen LogP contribution in [0.3, 0.4) is 0 Å². The summed E-state index contributed by atoms with van der Waals surface area (Å²) >= 11 is 6.20. The van der Waals surface area contributed by atoms with Gasteiger partial charge < -0.3 is 5.32 Å². The minimum Gasteiger partial charge on any atom is -0.313 e. The van der Waals surface area contributed by atoms with E-state index in [0.717, 1.165) is 24.3 Å². The molecule has 0 spiro atoms. The third-order valence-electron chi connectivity index (χ3n) is 3.13. The lowest BCUT2D eigenvalue weighted by atomic mass is 10.1. The molecule has 1 aliphatic rings. The summed E-state index contributed by atoms with van der Waals surface area (Å²) < 4.78 is 1.68. The molecular formula is C11H16ClN5. The maximum Gasteiger partial charge on any atom is 0.131 e. The molecule has 17 heavy (non-hydrogen) atoms. The standard InChI is InChI=1S/C11H16ClN5/c1-8-10(11(12)16(2)15-8)7-17-4-3-14-6-9(17)5-13/h9,14H,3-4,6-7H2,1-2H3. The number of aromatic nitrogens is 2. The number of nitriles is 1. The van der Waals surface area contributed by atoms with Crippen molar-refractivity contribution >= 4 is 11.6 Å². The van der Waals surface area contributed by atoms with Crippen LogP contribution in [-0.4, -0.2) is 40.4 Å². The van der Waals surface area contributed by atoms with Gasteiger partial charge in [-0.1, -0.05) is 11.6 Å². The molecule has 0 aromatic carbocycles. The molecule has 0 aliphatic carbocycles. The Hall–Kier alpha value is -1.09. The number of halogens is 1. The van der Waals surface area contributed by atoms with Gasteiger partial charge in [0.2, 0.25) is 0 Å². The molecule has 2 heterocycles. The number of nitrogens with one attached hydrogen (secondary N) is 1. The zero-order chi connectivity index (χ0) is 12.4. The summed E-state index contributed by atoms with van der Waals surface area (Å²) in [5.41, 5.74) is 1.96. The average molecular weight is 254 g/mol. The molecule has 0 saturated carbocycles. The highest BCUT2D eigenvalue weighted by Crippen LogP contribution is 2.21. The number of hydrogen-bond acceptors (Lipinski definition) is 4. The van der Waals surface area contributed by atoms with Crippen molar-refractivity contribution in [2.24, 2.45) is 7.05 Å². The van der Waals surface area contributed by atoms with Gasteiger partial charge in [-0.05, 0) is 6.92 Å². The molecule has 0 bridgehead atoms. The molecule has 1 aromatic heterocycles. The SMILES string of the molecule is Cc1nn(C)c(Cl)c1CN1CCNCC1C#N. The van der Waals surface area contributed by atoms with Gasteiger partial charge in [0.25, 0.3) is 0 Å². The molecule has 5 nitrogen and oxygen atoms in total. The summed E-state index contributed by atoms with van der Waals surface area (Å²) in [6, 6.07) is 2.23. The first-order valence-corrected chi connectivity index (χ1v) is 6.03. The largest absolute Gasteiger partial charge is 0.313 e. The van der Waals surface area contributed by atoms with E-state index >= 15 is 0 Å². The van der Waals surface area contributed by atoms with Gasteiger partial charge in [-0.15, -0.1) is 0 Å². The van der Waals surface area contributed by atoms with E-state index in [1.165, 1.54) is 0 Å². The van der Waals surface area contributed by atoms with Crippen molar-refractivity contribution in [3.63, 3.8) is 0 Å². The highest BCUT2D eigenvalue weighted by molar-refractivity contribution is 6.30. The molecule has 1 aromatic rings. The van der Waals surface area contributed by atoms with Gasteiger partial charge in [0, 0.05) is 38.8 Å². The van der Waals surface area contributed by atoms with E-state index < -0.39 is 0 Å². The Morgan fingerprint density at radius 1 is 1.65 bits per heavy atom. The molecule has 1 unspecified atom stereocenters. The Balaban J connectivity index is 2.17. The summed E-state index contributed by atoms with van der Waals surface area (Å²) in [6.07, 6.45) is 0. The Morgan fingerprint density at radius 3 is 3.00 bits per heavy atom. The maximum atomic E-state index is 9.10. The highest BCUT2D eigenvalue weighted by Gasteiger charge is 2.24. The predicted molar refractivity (Wildman–Crippen MR) is 65.6 cm³/mol. The number of aryl methyl sites for hydroxylation is 2. The Kier molecular flexibility index (Phi) is 3.67. The van der Waals surface area contributed by atoms with E-state index in [-0.39, 0.29) is 6.04 Å². The Morgan fingerprint density at radius 2 is 2.41 bits per heavy atom. The van der Waals surface area contributed by atoms with Gasteiger partial charge in [0.1, 0.15) is 11.2 Å². The fraction of sp³-hybridized carbons (Fsp3) is 0.636. The van der Waals surface area contributed by atoms with Crippen LogP contribution in [0.5, 0.6) is 0 Å². The number of piperazine rings is 1. The van der Waals surface area contributed by atoms with E-state index in [9.17, 15) is 0 Å². The zero-order valence-corrected chi connectivity index (χ0v) is 10.8. The lowest BCUT2D eigenvalue weighted by Crippen LogP contribution is -2.50. The normalized spacial score (nSPS) is 21.4. The van der Waals surface area contributed by atoms with Crippen LogP contribution in [0.25, 0.3) is 0 Å². The first-order valence-electron chi connectivity index (χ1n) is 5.66.